The maximum absolute atomic E-state index is 11.6. The van der Waals surface area contributed by atoms with E-state index in [9.17, 15) is 9.90 Å². The molecule has 3 atom stereocenters. The first-order chi connectivity index (χ1) is 9.74. The van der Waals surface area contributed by atoms with Crippen molar-refractivity contribution in [1.29, 1.82) is 0 Å². The van der Waals surface area contributed by atoms with E-state index >= 15 is 0 Å². The number of rotatable bonds is 5. The molecule has 0 spiro atoms. The highest BCUT2D eigenvalue weighted by atomic mass is 16.5. The summed E-state index contributed by atoms with van der Waals surface area (Å²) in [5.41, 5.74) is 0. The average Bonchev–Trinajstić information content (AvgIpc) is 3.26. The Hall–Kier alpha value is -0.690. The van der Waals surface area contributed by atoms with Gasteiger partial charge in [-0.05, 0) is 25.7 Å². The molecular formula is C14H24N2O4. The molecule has 2 aliphatic heterocycles. The average molecular weight is 284 g/mol. The Morgan fingerprint density at radius 2 is 1.95 bits per heavy atom. The molecule has 0 radical (unpaired) electrons. The third kappa shape index (κ3) is 3.49. The third-order valence-electron chi connectivity index (χ3n) is 4.38. The number of hydrogen-bond donors (Lipinski definition) is 3. The first-order valence-corrected chi connectivity index (χ1v) is 7.65. The Morgan fingerprint density at radius 3 is 2.65 bits per heavy atom. The molecule has 2 saturated heterocycles. The summed E-state index contributed by atoms with van der Waals surface area (Å²) >= 11 is 0. The van der Waals surface area contributed by atoms with Crippen molar-refractivity contribution in [2.75, 3.05) is 26.4 Å². The summed E-state index contributed by atoms with van der Waals surface area (Å²) in [5, 5.41) is 16.6. The molecule has 3 N–H and O–H groups in total. The van der Waals surface area contributed by atoms with Crippen LogP contribution in [0.2, 0.25) is 0 Å². The first-order valence-electron chi connectivity index (χ1n) is 7.65. The van der Waals surface area contributed by atoms with Crippen molar-refractivity contribution in [3.8, 4) is 0 Å². The molecule has 1 aliphatic carbocycles. The maximum Gasteiger partial charge on any atom is 0.223 e. The second kappa shape index (κ2) is 6.39. The van der Waals surface area contributed by atoms with Gasteiger partial charge in [-0.1, -0.05) is 0 Å². The summed E-state index contributed by atoms with van der Waals surface area (Å²) in [6.07, 6.45) is 3.09. The van der Waals surface area contributed by atoms with Crippen molar-refractivity contribution in [1.82, 2.24) is 10.6 Å². The molecule has 6 nitrogen and oxygen atoms in total. The third-order valence-corrected chi connectivity index (χ3v) is 4.38. The monoisotopic (exact) mass is 284 g/mol. The lowest BCUT2D eigenvalue weighted by Crippen LogP contribution is -2.49. The molecular weight excluding hydrogens is 260 g/mol. The molecule has 20 heavy (non-hydrogen) atoms. The first kappa shape index (κ1) is 14.3. The van der Waals surface area contributed by atoms with Crippen LogP contribution in [0, 0.1) is 5.92 Å². The van der Waals surface area contributed by atoms with Crippen molar-refractivity contribution in [3.05, 3.63) is 0 Å². The number of carbonyl (C=O) groups is 1. The van der Waals surface area contributed by atoms with Gasteiger partial charge in [0.25, 0.3) is 0 Å². The molecule has 3 rings (SSSR count). The van der Waals surface area contributed by atoms with E-state index in [0.717, 1.165) is 38.9 Å². The highest BCUT2D eigenvalue weighted by molar-refractivity contribution is 5.80. The Kier molecular flexibility index (Phi) is 4.55. The lowest BCUT2D eigenvalue weighted by Gasteiger charge is -2.27. The number of ether oxygens (including phenoxy) is 2. The summed E-state index contributed by atoms with van der Waals surface area (Å²) < 4.78 is 10.9. The van der Waals surface area contributed by atoms with Crippen molar-refractivity contribution in [3.63, 3.8) is 0 Å². The molecule has 1 saturated carbocycles. The molecule has 0 aromatic carbocycles. The van der Waals surface area contributed by atoms with Crippen LogP contribution in [0.25, 0.3) is 0 Å². The van der Waals surface area contributed by atoms with Gasteiger partial charge >= 0.3 is 0 Å². The highest BCUT2D eigenvalue weighted by Gasteiger charge is 2.38. The van der Waals surface area contributed by atoms with Gasteiger partial charge in [-0.25, -0.2) is 0 Å². The van der Waals surface area contributed by atoms with Gasteiger partial charge in [-0.15, -0.1) is 0 Å². The van der Waals surface area contributed by atoms with E-state index in [-0.39, 0.29) is 24.0 Å². The van der Waals surface area contributed by atoms with Crippen molar-refractivity contribution in [2.24, 2.45) is 5.92 Å². The Bertz CT molecular complexity index is 342. The predicted octanol–water partition coefficient (Wildman–Crippen LogP) is -0.590. The fourth-order valence-electron chi connectivity index (χ4n) is 2.87. The van der Waals surface area contributed by atoms with E-state index < -0.39 is 6.10 Å². The van der Waals surface area contributed by atoms with E-state index in [0.29, 0.717) is 19.2 Å². The second-order valence-electron chi connectivity index (χ2n) is 6.04. The molecule has 2 heterocycles. The second-order valence-corrected chi connectivity index (χ2v) is 6.04. The summed E-state index contributed by atoms with van der Waals surface area (Å²) in [5.74, 6) is 0.298. The molecule has 114 valence electrons. The zero-order valence-electron chi connectivity index (χ0n) is 11.7. The van der Waals surface area contributed by atoms with E-state index in [1.165, 1.54) is 0 Å². The SMILES string of the molecule is O=C(NCC1OCC(NC2CCOCC2)C1O)C1CC1. The van der Waals surface area contributed by atoms with Crippen molar-refractivity contribution in [2.45, 2.75) is 50.0 Å². The normalized spacial score (nSPS) is 35.1. The quantitative estimate of drug-likeness (QED) is 0.629. The van der Waals surface area contributed by atoms with Crippen LogP contribution in [0.1, 0.15) is 25.7 Å². The van der Waals surface area contributed by atoms with Gasteiger partial charge in [0.15, 0.2) is 0 Å². The zero-order chi connectivity index (χ0) is 13.9. The lowest BCUT2D eigenvalue weighted by molar-refractivity contribution is -0.123. The van der Waals surface area contributed by atoms with Crippen LogP contribution in [0.4, 0.5) is 0 Å². The van der Waals surface area contributed by atoms with Gasteiger partial charge in [-0.3, -0.25) is 4.79 Å². The van der Waals surface area contributed by atoms with Gasteiger partial charge in [0.1, 0.15) is 6.10 Å². The van der Waals surface area contributed by atoms with Crippen LogP contribution in [-0.4, -0.2) is 61.7 Å². The minimum Gasteiger partial charge on any atom is -0.389 e. The van der Waals surface area contributed by atoms with Crippen LogP contribution < -0.4 is 10.6 Å². The molecule has 0 bridgehead atoms. The summed E-state index contributed by atoms with van der Waals surface area (Å²) in [6, 6.07) is 0.354. The van der Waals surface area contributed by atoms with Crippen LogP contribution in [0.15, 0.2) is 0 Å². The van der Waals surface area contributed by atoms with Crippen LogP contribution >= 0.6 is 0 Å². The van der Waals surface area contributed by atoms with Crippen LogP contribution in [-0.2, 0) is 14.3 Å². The number of nitrogens with one attached hydrogen (secondary N) is 2. The standard InChI is InChI=1S/C14H24N2O4/c17-13-11(16-10-3-5-19-6-4-10)8-20-12(13)7-15-14(18)9-1-2-9/h9-13,16-17H,1-8H2,(H,15,18). The lowest BCUT2D eigenvalue weighted by atomic mass is 10.0. The van der Waals surface area contributed by atoms with Gasteiger partial charge in [0, 0.05) is 31.7 Å². The van der Waals surface area contributed by atoms with E-state index in [2.05, 4.69) is 10.6 Å². The van der Waals surface area contributed by atoms with E-state index in [4.69, 9.17) is 9.47 Å². The molecule has 3 fully saturated rings. The number of aliphatic hydroxyl groups is 1. The van der Waals surface area contributed by atoms with Crippen molar-refractivity contribution >= 4 is 5.91 Å². The summed E-state index contributed by atoms with van der Waals surface area (Å²) in [6.45, 7) is 2.47. The Labute approximate surface area is 119 Å². The van der Waals surface area contributed by atoms with Gasteiger partial charge in [0.05, 0.1) is 18.8 Å². The van der Waals surface area contributed by atoms with Crippen molar-refractivity contribution < 1.29 is 19.4 Å². The fourth-order valence-corrected chi connectivity index (χ4v) is 2.87. The smallest absolute Gasteiger partial charge is 0.223 e. The minimum absolute atomic E-state index is 0.0408. The predicted molar refractivity (Wildman–Crippen MR) is 72.2 cm³/mol. The maximum atomic E-state index is 11.6. The largest absolute Gasteiger partial charge is 0.389 e. The molecule has 3 aliphatic rings. The van der Waals surface area contributed by atoms with Crippen LogP contribution in [0.5, 0.6) is 0 Å². The number of amides is 1. The highest BCUT2D eigenvalue weighted by Crippen LogP contribution is 2.28. The number of carbonyl (C=O) groups excluding carboxylic acids is 1. The zero-order valence-corrected chi connectivity index (χ0v) is 11.7. The topological polar surface area (TPSA) is 79.8 Å². The van der Waals surface area contributed by atoms with E-state index in [1.807, 2.05) is 0 Å². The van der Waals surface area contributed by atoms with Gasteiger partial charge in [0.2, 0.25) is 5.91 Å². The molecule has 0 aromatic rings. The van der Waals surface area contributed by atoms with Gasteiger partial charge in [-0.2, -0.15) is 0 Å². The fraction of sp³-hybridized carbons (Fsp3) is 0.929. The van der Waals surface area contributed by atoms with Gasteiger partial charge < -0.3 is 25.2 Å². The van der Waals surface area contributed by atoms with Crippen LogP contribution in [0.3, 0.4) is 0 Å². The minimum atomic E-state index is -0.558. The number of aliphatic hydroxyl groups excluding tert-OH is 1. The summed E-state index contributed by atoms with van der Waals surface area (Å²) in [7, 11) is 0. The Morgan fingerprint density at radius 1 is 1.20 bits per heavy atom. The van der Waals surface area contributed by atoms with E-state index in [1.54, 1.807) is 0 Å². The molecule has 1 amide bonds. The summed E-state index contributed by atoms with van der Waals surface area (Å²) in [4.78, 5) is 11.6. The number of hydrogen-bond acceptors (Lipinski definition) is 5. The molecule has 3 unspecified atom stereocenters. The molecule has 6 heteroatoms. The Balaban J connectivity index is 1.41. The molecule has 0 aromatic heterocycles.